The molecular formula is C16H25NS. The van der Waals surface area contributed by atoms with Gasteiger partial charge >= 0.3 is 0 Å². The van der Waals surface area contributed by atoms with E-state index in [1.165, 1.54) is 38.6 Å². The highest BCUT2D eigenvalue weighted by molar-refractivity contribution is 7.10. The molecule has 1 N–H and O–H groups in total. The zero-order chi connectivity index (χ0) is 12.5. The molecule has 0 aliphatic heterocycles. The van der Waals surface area contributed by atoms with Crippen LogP contribution in [0.25, 0.3) is 0 Å². The highest BCUT2D eigenvalue weighted by Gasteiger charge is 2.32. The molecule has 0 saturated heterocycles. The van der Waals surface area contributed by atoms with Crippen LogP contribution in [0.2, 0.25) is 0 Å². The molecule has 0 spiro atoms. The maximum atomic E-state index is 3.76. The van der Waals surface area contributed by atoms with E-state index in [1.807, 2.05) is 11.3 Å². The van der Waals surface area contributed by atoms with E-state index < -0.39 is 0 Å². The Kier molecular flexibility index (Phi) is 3.76. The Bertz CT molecular complexity index is 394. The van der Waals surface area contributed by atoms with Gasteiger partial charge in [0.05, 0.1) is 0 Å². The van der Waals surface area contributed by atoms with Crippen molar-refractivity contribution < 1.29 is 0 Å². The van der Waals surface area contributed by atoms with Crippen LogP contribution in [-0.4, -0.2) is 12.6 Å². The first-order valence-electron chi connectivity index (χ1n) is 7.51. The summed E-state index contributed by atoms with van der Waals surface area (Å²) in [6, 6.07) is 3.24. The van der Waals surface area contributed by atoms with Crippen molar-refractivity contribution in [2.45, 2.75) is 57.9 Å². The summed E-state index contributed by atoms with van der Waals surface area (Å²) in [5.74, 6) is 2.59. The molecule has 1 heterocycles. The molecule has 2 aliphatic rings. The SMILES string of the molecule is Cc1sccc1C1CC(C)CCC1CNC1CC1. The predicted octanol–water partition coefficient (Wildman–Crippen LogP) is 4.33. The lowest BCUT2D eigenvalue weighted by molar-refractivity contribution is 0.241. The lowest BCUT2D eigenvalue weighted by Gasteiger charge is -2.35. The average Bonchev–Trinajstić information content (AvgIpc) is 3.09. The smallest absolute Gasteiger partial charge is 0.00683 e. The van der Waals surface area contributed by atoms with Gasteiger partial charge in [0.1, 0.15) is 0 Å². The number of thiophene rings is 1. The molecule has 3 rings (SSSR count). The first kappa shape index (κ1) is 12.7. The van der Waals surface area contributed by atoms with Gasteiger partial charge in [-0.15, -0.1) is 11.3 Å². The summed E-state index contributed by atoms with van der Waals surface area (Å²) in [5.41, 5.74) is 1.65. The van der Waals surface area contributed by atoms with Gasteiger partial charge in [0.2, 0.25) is 0 Å². The van der Waals surface area contributed by atoms with E-state index in [0.29, 0.717) is 0 Å². The summed E-state index contributed by atoms with van der Waals surface area (Å²) >= 11 is 1.92. The van der Waals surface area contributed by atoms with E-state index in [2.05, 4.69) is 30.6 Å². The van der Waals surface area contributed by atoms with Crippen LogP contribution in [0.1, 0.15) is 55.4 Å². The Labute approximate surface area is 115 Å². The highest BCUT2D eigenvalue weighted by atomic mass is 32.1. The standard InChI is InChI=1S/C16H25NS/c1-11-3-4-13(10-17-14-5-6-14)16(9-11)15-7-8-18-12(15)2/h7-8,11,13-14,16-17H,3-6,9-10H2,1-2H3. The molecule has 1 aromatic rings. The summed E-state index contributed by atoms with van der Waals surface area (Å²) in [4.78, 5) is 1.55. The van der Waals surface area contributed by atoms with Crippen molar-refractivity contribution in [3.05, 3.63) is 21.9 Å². The van der Waals surface area contributed by atoms with Crippen LogP contribution < -0.4 is 5.32 Å². The zero-order valence-corrected chi connectivity index (χ0v) is 12.4. The average molecular weight is 263 g/mol. The Hall–Kier alpha value is -0.340. The third kappa shape index (κ3) is 2.80. The van der Waals surface area contributed by atoms with Crippen molar-refractivity contribution in [3.8, 4) is 0 Å². The quantitative estimate of drug-likeness (QED) is 0.852. The fourth-order valence-electron chi connectivity index (χ4n) is 3.45. The molecule has 1 nitrogen and oxygen atoms in total. The molecule has 1 aromatic heterocycles. The fourth-order valence-corrected chi connectivity index (χ4v) is 4.23. The Morgan fingerprint density at radius 1 is 1.28 bits per heavy atom. The lowest BCUT2D eigenvalue weighted by Crippen LogP contribution is -2.32. The minimum Gasteiger partial charge on any atom is -0.314 e. The number of nitrogens with one attached hydrogen (secondary N) is 1. The van der Waals surface area contributed by atoms with Crippen LogP contribution in [0, 0.1) is 18.8 Å². The predicted molar refractivity (Wildman–Crippen MR) is 79.3 cm³/mol. The summed E-state index contributed by atoms with van der Waals surface area (Å²) < 4.78 is 0. The van der Waals surface area contributed by atoms with Crippen LogP contribution in [0.3, 0.4) is 0 Å². The minimum atomic E-state index is 0.811. The van der Waals surface area contributed by atoms with Crippen molar-refractivity contribution in [1.82, 2.24) is 5.32 Å². The van der Waals surface area contributed by atoms with E-state index >= 15 is 0 Å². The molecule has 0 bridgehead atoms. The van der Waals surface area contributed by atoms with Crippen LogP contribution in [-0.2, 0) is 0 Å². The first-order valence-corrected chi connectivity index (χ1v) is 8.39. The molecular weight excluding hydrogens is 238 g/mol. The third-order valence-electron chi connectivity index (χ3n) is 4.80. The minimum absolute atomic E-state index is 0.811. The topological polar surface area (TPSA) is 12.0 Å². The summed E-state index contributed by atoms with van der Waals surface area (Å²) in [6.45, 7) is 5.97. The second kappa shape index (κ2) is 5.34. The molecule has 2 saturated carbocycles. The summed E-state index contributed by atoms with van der Waals surface area (Å²) in [6.07, 6.45) is 7.06. The van der Waals surface area contributed by atoms with Gasteiger partial charge in [0.25, 0.3) is 0 Å². The molecule has 0 radical (unpaired) electrons. The third-order valence-corrected chi connectivity index (χ3v) is 5.66. The summed E-state index contributed by atoms with van der Waals surface area (Å²) in [7, 11) is 0. The van der Waals surface area contributed by atoms with Crippen LogP contribution in [0.4, 0.5) is 0 Å². The molecule has 0 amide bonds. The van der Waals surface area contributed by atoms with Gasteiger partial charge in [-0.1, -0.05) is 13.3 Å². The number of rotatable bonds is 4. The normalized spacial score (nSPS) is 32.7. The van der Waals surface area contributed by atoms with Crippen LogP contribution in [0.15, 0.2) is 11.4 Å². The second-order valence-electron chi connectivity index (χ2n) is 6.40. The van der Waals surface area contributed by atoms with Gasteiger partial charge in [-0.3, -0.25) is 0 Å². The van der Waals surface area contributed by atoms with E-state index in [9.17, 15) is 0 Å². The maximum absolute atomic E-state index is 3.76. The van der Waals surface area contributed by atoms with Crippen molar-refractivity contribution in [1.29, 1.82) is 0 Å². The lowest BCUT2D eigenvalue weighted by atomic mass is 9.71. The molecule has 3 atom stereocenters. The second-order valence-corrected chi connectivity index (χ2v) is 7.52. The van der Waals surface area contributed by atoms with Crippen LogP contribution in [0.5, 0.6) is 0 Å². The summed E-state index contributed by atoms with van der Waals surface area (Å²) in [5, 5.41) is 6.03. The van der Waals surface area contributed by atoms with Crippen molar-refractivity contribution >= 4 is 11.3 Å². The van der Waals surface area contributed by atoms with E-state index in [1.54, 1.807) is 10.4 Å². The van der Waals surface area contributed by atoms with Gasteiger partial charge in [0, 0.05) is 10.9 Å². The van der Waals surface area contributed by atoms with Gasteiger partial charge in [-0.25, -0.2) is 0 Å². The molecule has 2 fully saturated rings. The largest absolute Gasteiger partial charge is 0.314 e. The van der Waals surface area contributed by atoms with Gasteiger partial charge in [0.15, 0.2) is 0 Å². The molecule has 100 valence electrons. The molecule has 0 aromatic carbocycles. The monoisotopic (exact) mass is 263 g/mol. The first-order chi connectivity index (χ1) is 8.74. The fraction of sp³-hybridized carbons (Fsp3) is 0.750. The van der Waals surface area contributed by atoms with Crippen molar-refractivity contribution in [2.75, 3.05) is 6.54 Å². The van der Waals surface area contributed by atoms with Gasteiger partial charge in [-0.2, -0.15) is 0 Å². The number of hydrogen-bond donors (Lipinski definition) is 1. The Balaban J connectivity index is 1.70. The van der Waals surface area contributed by atoms with E-state index in [4.69, 9.17) is 0 Å². The van der Waals surface area contributed by atoms with E-state index in [-0.39, 0.29) is 0 Å². The number of hydrogen-bond acceptors (Lipinski definition) is 2. The number of aryl methyl sites for hydroxylation is 1. The molecule has 2 heteroatoms. The molecule has 3 unspecified atom stereocenters. The molecule has 2 aliphatic carbocycles. The Morgan fingerprint density at radius 3 is 2.78 bits per heavy atom. The van der Waals surface area contributed by atoms with Crippen LogP contribution >= 0.6 is 11.3 Å². The van der Waals surface area contributed by atoms with Gasteiger partial charge in [-0.05, 0) is 73.9 Å². The highest BCUT2D eigenvalue weighted by Crippen LogP contribution is 2.42. The van der Waals surface area contributed by atoms with E-state index in [0.717, 1.165) is 23.8 Å². The van der Waals surface area contributed by atoms with Crippen molar-refractivity contribution in [3.63, 3.8) is 0 Å². The van der Waals surface area contributed by atoms with Crippen molar-refractivity contribution in [2.24, 2.45) is 11.8 Å². The molecule has 18 heavy (non-hydrogen) atoms. The maximum Gasteiger partial charge on any atom is 0.00683 e. The van der Waals surface area contributed by atoms with Gasteiger partial charge < -0.3 is 5.32 Å². The zero-order valence-electron chi connectivity index (χ0n) is 11.6. The Morgan fingerprint density at radius 2 is 2.11 bits per heavy atom.